The van der Waals surface area contributed by atoms with Crippen LogP contribution in [-0.2, 0) is 14.3 Å². The summed E-state index contributed by atoms with van der Waals surface area (Å²) in [7, 11) is 1.76. The molecule has 1 aliphatic rings. The van der Waals surface area contributed by atoms with Crippen LogP contribution in [0.5, 0.6) is 0 Å². The summed E-state index contributed by atoms with van der Waals surface area (Å²) in [6.45, 7) is 11.0. The first-order valence-corrected chi connectivity index (χ1v) is 14.3. The smallest absolute Gasteiger partial charge is 0.309 e. The summed E-state index contributed by atoms with van der Waals surface area (Å²) in [5.74, 6) is -1.83. The van der Waals surface area contributed by atoms with Crippen LogP contribution in [-0.4, -0.2) is 67.7 Å². The Morgan fingerprint density at radius 1 is 1.28 bits per heavy atom. The number of thiazole rings is 1. The van der Waals surface area contributed by atoms with Gasteiger partial charge in [-0.05, 0) is 58.2 Å². The van der Waals surface area contributed by atoms with Crippen LogP contribution in [0.25, 0.3) is 6.08 Å². The Kier molecular flexibility index (Phi) is 11.6. The van der Waals surface area contributed by atoms with Crippen molar-refractivity contribution in [2.24, 2.45) is 17.8 Å². The van der Waals surface area contributed by atoms with E-state index in [1.807, 2.05) is 39.2 Å². The third-order valence-electron chi connectivity index (χ3n) is 7.30. The van der Waals surface area contributed by atoms with Gasteiger partial charge >= 0.3 is 5.97 Å². The molecule has 4 N–H and O–H groups in total. The minimum atomic E-state index is -1.29. The number of carbonyl (C=O) groups excluding carboxylic acids is 2. The van der Waals surface area contributed by atoms with E-state index in [0.29, 0.717) is 31.0 Å². The lowest BCUT2D eigenvalue weighted by atomic mass is 9.77. The summed E-state index contributed by atoms with van der Waals surface area (Å²) in [5, 5.41) is 38.2. The molecule has 1 aromatic heterocycles. The minimum Gasteiger partial charge on any atom is -0.456 e. The van der Waals surface area contributed by atoms with Crippen LogP contribution in [0.1, 0.15) is 71.0 Å². The first kappa shape index (κ1) is 30.9. The van der Waals surface area contributed by atoms with Crippen LogP contribution in [0, 0.1) is 24.7 Å². The molecule has 2 heterocycles. The molecule has 0 spiro atoms. The van der Waals surface area contributed by atoms with Crippen LogP contribution >= 0.6 is 23.1 Å². The molecular formula is C26H42N2O6S2. The molecule has 10 heteroatoms. The van der Waals surface area contributed by atoms with Gasteiger partial charge in [-0.3, -0.25) is 9.59 Å². The van der Waals surface area contributed by atoms with Gasteiger partial charge in [0, 0.05) is 11.3 Å². The van der Waals surface area contributed by atoms with Gasteiger partial charge in [-0.15, -0.1) is 11.3 Å². The van der Waals surface area contributed by atoms with E-state index in [-0.39, 0.29) is 23.4 Å². The Balaban J connectivity index is 2.42. The topological polar surface area (TPSA) is 129 Å². The van der Waals surface area contributed by atoms with Gasteiger partial charge in [-0.1, -0.05) is 39.0 Å². The second-order valence-electron chi connectivity index (χ2n) is 10.3. The zero-order valence-corrected chi connectivity index (χ0v) is 24.0. The summed E-state index contributed by atoms with van der Waals surface area (Å²) < 4.78 is 5.89. The fourth-order valence-corrected chi connectivity index (χ4v) is 6.10. The summed E-state index contributed by atoms with van der Waals surface area (Å²) >= 11 is 2.18. The standard InChI is InChI=1S/C26H42N2O6S2/c1-14-9-8-10-26(6,33)17(4)22(27-7)24(15(2)11-19-13-35-18(5)28-19)34-20(29)12-21(30)36-25(32)16(3)23(14)31/h11,13-14,16-17,21-24,27,30-31,33H,8-10,12H2,1-7H3/b15-11+/t14-,16+,17-,21+,22?,23-,24+,26+/m0/s1. The van der Waals surface area contributed by atoms with Gasteiger partial charge in [-0.25, -0.2) is 4.98 Å². The molecule has 204 valence electrons. The summed E-state index contributed by atoms with van der Waals surface area (Å²) in [6, 6.07) is -0.428. The second-order valence-corrected chi connectivity index (χ2v) is 12.5. The summed E-state index contributed by atoms with van der Waals surface area (Å²) in [5.41, 5.74) is -0.868. The van der Waals surface area contributed by atoms with E-state index in [0.717, 1.165) is 16.3 Å². The predicted octanol–water partition coefficient (Wildman–Crippen LogP) is 3.53. The average Bonchev–Trinajstić information content (AvgIpc) is 3.20. The third-order valence-corrected chi connectivity index (χ3v) is 9.14. The van der Waals surface area contributed by atoms with Crippen molar-refractivity contribution in [1.82, 2.24) is 10.3 Å². The number of thioether (sulfide) groups is 1. The maximum absolute atomic E-state index is 12.9. The van der Waals surface area contributed by atoms with E-state index in [1.165, 1.54) is 11.3 Å². The molecule has 1 unspecified atom stereocenters. The van der Waals surface area contributed by atoms with Crippen molar-refractivity contribution in [3.63, 3.8) is 0 Å². The van der Waals surface area contributed by atoms with Crippen molar-refractivity contribution in [2.45, 2.75) is 96.5 Å². The van der Waals surface area contributed by atoms with Crippen LogP contribution in [0.4, 0.5) is 0 Å². The van der Waals surface area contributed by atoms with Crippen LogP contribution in [0.15, 0.2) is 11.0 Å². The average molecular weight is 543 g/mol. The normalized spacial score (nSPS) is 36.5. The Morgan fingerprint density at radius 2 is 1.94 bits per heavy atom. The van der Waals surface area contributed by atoms with Gasteiger partial charge in [0.1, 0.15) is 11.5 Å². The highest BCUT2D eigenvalue weighted by atomic mass is 32.2. The Morgan fingerprint density at radius 3 is 2.53 bits per heavy atom. The summed E-state index contributed by atoms with van der Waals surface area (Å²) in [4.78, 5) is 30.0. The number of hydrogen-bond donors (Lipinski definition) is 4. The maximum atomic E-state index is 12.9. The van der Waals surface area contributed by atoms with Crippen molar-refractivity contribution < 1.29 is 29.6 Å². The number of ether oxygens (including phenoxy) is 1. The van der Waals surface area contributed by atoms with Crippen molar-refractivity contribution >= 4 is 40.3 Å². The van der Waals surface area contributed by atoms with E-state index < -0.39 is 41.2 Å². The van der Waals surface area contributed by atoms with E-state index in [9.17, 15) is 24.9 Å². The molecule has 0 amide bonds. The van der Waals surface area contributed by atoms with Gasteiger partial charge < -0.3 is 25.4 Å². The number of aliphatic hydroxyl groups is 3. The zero-order valence-electron chi connectivity index (χ0n) is 22.4. The van der Waals surface area contributed by atoms with Gasteiger partial charge in [0.25, 0.3) is 0 Å². The van der Waals surface area contributed by atoms with Gasteiger partial charge in [0.05, 0.1) is 40.8 Å². The van der Waals surface area contributed by atoms with Crippen LogP contribution < -0.4 is 5.32 Å². The van der Waals surface area contributed by atoms with E-state index in [4.69, 9.17) is 4.74 Å². The largest absolute Gasteiger partial charge is 0.456 e. The van der Waals surface area contributed by atoms with Gasteiger partial charge in [0.2, 0.25) is 0 Å². The number of aromatic nitrogens is 1. The molecule has 1 saturated heterocycles. The Hall–Kier alpha value is -1.30. The number of aryl methyl sites for hydroxylation is 1. The molecule has 1 fully saturated rings. The highest BCUT2D eigenvalue weighted by molar-refractivity contribution is 8.14. The molecule has 8 atom stereocenters. The van der Waals surface area contributed by atoms with E-state index in [1.54, 1.807) is 20.9 Å². The molecule has 0 saturated carbocycles. The highest BCUT2D eigenvalue weighted by Gasteiger charge is 2.40. The molecule has 8 nitrogen and oxygen atoms in total. The van der Waals surface area contributed by atoms with Crippen LogP contribution in [0.3, 0.4) is 0 Å². The molecule has 0 bridgehead atoms. The lowest BCUT2D eigenvalue weighted by molar-refractivity contribution is -0.152. The first-order chi connectivity index (χ1) is 16.8. The fraction of sp³-hybridized carbons (Fsp3) is 0.731. The molecule has 2 rings (SSSR count). The van der Waals surface area contributed by atoms with E-state index >= 15 is 0 Å². The molecule has 1 aromatic rings. The van der Waals surface area contributed by atoms with Crippen molar-refractivity contribution in [2.75, 3.05) is 7.05 Å². The zero-order chi connectivity index (χ0) is 27.2. The number of hydrogen-bond acceptors (Lipinski definition) is 10. The fourth-order valence-electron chi connectivity index (χ4n) is 4.69. The number of carbonyl (C=O) groups is 2. The monoisotopic (exact) mass is 542 g/mol. The SMILES string of the molecule is CNC1[C@@H](/C(C)=C/c2csc(C)n2)OC(=O)C[C@H](O)SC(=O)[C@H](C)[C@@H](O)[C@@H](C)CCC[C@@](C)(O)[C@H]1C. The molecule has 0 aliphatic carbocycles. The third kappa shape index (κ3) is 8.36. The Labute approximate surface area is 222 Å². The lowest BCUT2D eigenvalue weighted by Gasteiger charge is -2.40. The second kappa shape index (κ2) is 13.5. The van der Waals surface area contributed by atoms with Gasteiger partial charge in [0.15, 0.2) is 5.12 Å². The number of nitrogens with zero attached hydrogens (tertiary/aromatic N) is 1. The van der Waals surface area contributed by atoms with Crippen molar-refractivity contribution in [1.29, 1.82) is 0 Å². The van der Waals surface area contributed by atoms with Crippen molar-refractivity contribution in [3.05, 3.63) is 21.7 Å². The Bertz CT molecular complexity index is 918. The predicted molar refractivity (Wildman–Crippen MR) is 144 cm³/mol. The van der Waals surface area contributed by atoms with E-state index in [2.05, 4.69) is 10.3 Å². The van der Waals surface area contributed by atoms with Crippen molar-refractivity contribution in [3.8, 4) is 0 Å². The minimum absolute atomic E-state index is 0.162. The first-order valence-electron chi connectivity index (χ1n) is 12.5. The molecule has 0 radical (unpaired) electrons. The van der Waals surface area contributed by atoms with Crippen LogP contribution in [0.2, 0.25) is 0 Å². The number of cyclic esters (lactones) is 1. The number of esters is 1. The molecule has 36 heavy (non-hydrogen) atoms. The molecule has 1 aliphatic heterocycles. The number of rotatable bonds is 3. The molecular weight excluding hydrogens is 500 g/mol. The van der Waals surface area contributed by atoms with Gasteiger partial charge in [-0.2, -0.15) is 0 Å². The lowest BCUT2D eigenvalue weighted by Crippen LogP contribution is -2.53. The number of likely N-dealkylation sites (N-methyl/N-ethyl adjacent to an activating group) is 1. The molecule has 0 aromatic carbocycles. The number of nitrogens with one attached hydrogen (secondary N) is 1. The highest BCUT2D eigenvalue weighted by Crippen LogP contribution is 2.33. The summed E-state index contributed by atoms with van der Waals surface area (Å²) in [6.07, 6.45) is 1.65. The maximum Gasteiger partial charge on any atom is 0.309 e. The quantitative estimate of drug-likeness (QED) is 0.424. The number of aliphatic hydroxyl groups excluding tert-OH is 2.